The number of carbonyl (C=O) groups excluding carboxylic acids is 1. The number of nitrogens with one attached hydrogen (secondary N) is 1. The molecule has 108 valence electrons. The van der Waals surface area contributed by atoms with Crippen molar-refractivity contribution in [1.82, 2.24) is 5.32 Å². The van der Waals surface area contributed by atoms with Crippen LogP contribution in [-0.4, -0.2) is 24.2 Å². The Morgan fingerprint density at radius 1 is 1.40 bits per heavy atom. The summed E-state index contributed by atoms with van der Waals surface area (Å²) in [5.41, 5.74) is 2.40. The van der Waals surface area contributed by atoms with Crippen molar-refractivity contribution in [1.29, 1.82) is 0 Å². The third-order valence-electron chi connectivity index (χ3n) is 3.05. The quantitative estimate of drug-likeness (QED) is 0.639. The minimum Gasteiger partial charge on any atom is -0.384 e. The van der Waals surface area contributed by atoms with E-state index in [1.807, 2.05) is 13.0 Å². The maximum atomic E-state index is 12.0. The Morgan fingerprint density at radius 3 is 2.80 bits per heavy atom. The molecule has 0 radical (unpaired) electrons. The molecular weight excluding hydrogens is 250 g/mol. The Balaban J connectivity index is 2.64. The lowest BCUT2D eigenvalue weighted by atomic mass is 10.0. The van der Waals surface area contributed by atoms with Gasteiger partial charge in [0.2, 0.25) is 0 Å². The maximum absolute atomic E-state index is 12.0. The van der Waals surface area contributed by atoms with Gasteiger partial charge in [0, 0.05) is 17.7 Å². The number of rotatable bonds is 5. The van der Waals surface area contributed by atoms with Crippen molar-refractivity contribution in [3.05, 3.63) is 34.9 Å². The third-order valence-corrected chi connectivity index (χ3v) is 3.05. The summed E-state index contributed by atoms with van der Waals surface area (Å²) in [4.78, 5) is 12.0. The fourth-order valence-electron chi connectivity index (χ4n) is 1.85. The van der Waals surface area contributed by atoms with Gasteiger partial charge in [-0.1, -0.05) is 31.8 Å². The van der Waals surface area contributed by atoms with Crippen LogP contribution in [-0.2, 0) is 0 Å². The molecule has 0 aliphatic carbocycles. The maximum Gasteiger partial charge on any atom is 0.251 e. The van der Waals surface area contributed by atoms with Gasteiger partial charge >= 0.3 is 0 Å². The molecule has 0 bridgehead atoms. The number of hydrogen-bond acceptors (Lipinski definition) is 2. The summed E-state index contributed by atoms with van der Waals surface area (Å²) in [5, 5.41) is 11.7. The van der Waals surface area contributed by atoms with Crippen LogP contribution in [0.5, 0.6) is 0 Å². The Labute approximate surface area is 121 Å². The van der Waals surface area contributed by atoms with Gasteiger partial charge in [0.05, 0.1) is 0 Å². The van der Waals surface area contributed by atoms with Crippen molar-refractivity contribution in [2.75, 3.05) is 13.2 Å². The van der Waals surface area contributed by atoms with Gasteiger partial charge in [0.15, 0.2) is 0 Å². The van der Waals surface area contributed by atoms with Crippen LogP contribution >= 0.6 is 0 Å². The number of aliphatic hydroxyl groups excluding tert-OH is 1. The fraction of sp³-hybridized carbons (Fsp3) is 0.471. The summed E-state index contributed by atoms with van der Waals surface area (Å²) in [7, 11) is 0. The average molecular weight is 273 g/mol. The molecule has 0 unspecified atom stereocenters. The van der Waals surface area contributed by atoms with Crippen LogP contribution in [0.3, 0.4) is 0 Å². The Hall–Kier alpha value is -1.79. The molecule has 0 aromatic heterocycles. The molecular formula is C17H23NO2. The molecule has 0 heterocycles. The van der Waals surface area contributed by atoms with Gasteiger partial charge in [-0.15, -0.1) is 0 Å². The summed E-state index contributed by atoms with van der Waals surface area (Å²) in [6.45, 7) is 6.81. The van der Waals surface area contributed by atoms with Crippen molar-refractivity contribution < 1.29 is 9.90 Å². The topological polar surface area (TPSA) is 49.3 Å². The van der Waals surface area contributed by atoms with E-state index in [1.54, 1.807) is 12.1 Å². The van der Waals surface area contributed by atoms with Gasteiger partial charge in [-0.05, 0) is 43.4 Å². The van der Waals surface area contributed by atoms with Crippen LogP contribution in [0.4, 0.5) is 0 Å². The third kappa shape index (κ3) is 5.46. The predicted octanol–water partition coefficient (Wildman–Crippen LogP) is 2.50. The van der Waals surface area contributed by atoms with Gasteiger partial charge in [-0.2, -0.15) is 0 Å². The minimum absolute atomic E-state index is 0.0687. The second-order valence-corrected chi connectivity index (χ2v) is 5.28. The van der Waals surface area contributed by atoms with E-state index >= 15 is 0 Å². The van der Waals surface area contributed by atoms with Crippen LogP contribution in [0.15, 0.2) is 18.2 Å². The molecule has 0 spiro atoms. The molecule has 1 aromatic carbocycles. The van der Waals surface area contributed by atoms with E-state index in [9.17, 15) is 4.79 Å². The van der Waals surface area contributed by atoms with Gasteiger partial charge in [-0.3, -0.25) is 4.79 Å². The minimum atomic E-state index is -0.176. The molecule has 1 rings (SSSR count). The monoisotopic (exact) mass is 273 g/mol. The van der Waals surface area contributed by atoms with Crippen molar-refractivity contribution in [2.24, 2.45) is 5.92 Å². The SMILES string of the molecule is Cc1ccc(C(=O)NCCCC(C)C)cc1C#CCO. The van der Waals surface area contributed by atoms with Crippen LogP contribution in [0.25, 0.3) is 0 Å². The van der Waals surface area contributed by atoms with Gasteiger partial charge in [-0.25, -0.2) is 0 Å². The van der Waals surface area contributed by atoms with E-state index in [0.29, 0.717) is 18.0 Å². The Bertz CT molecular complexity index is 509. The Morgan fingerprint density at radius 2 is 2.15 bits per heavy atom. The molecule has 0 atom stereocenters. The highest BCUT2D eigenvalue weighted by Gasteiger charge is 2.06. The van der Waals surface area contributed by atoms with Gasteiger partial charge in [0.25, 0.3) is 5.91 Å². The van der Waals surface area contributed by atoms with E-state index in [-0.39, 0.29) is 12.5 Å². The first-order valence-corrected chi connectivity index (χ1v) is 7.03. The molecule has 0 saturated carbocycles. The highest BCUT2D eigenvalue weighted by molar-refractivity contribution is 5.94. The van der Waals surface area contributed by atoms with E-state index in [2.05, 4.69) is 31.0 Å². The lowest BCUT2D eigenvalue weighted by Gasteiger charge is -2.08. The van der Waals surface area contributed by atoms with Gasteiger partial charge in [0.1, 0.15) is 6.61 Å². The zero-order chi connectivity index (χ0) is 15.0. The molecule has 0 aliphatic heterocycles. The van der Waals surface area contributed by atoms with Gasteiger partial charge < -0.3 is 10.4 Å². The van der Waals surface area contributed by atoms with Crippen LogP contribution in [0.2, 0.25) is 0 Å². The molecule has 1 amide bonds. The normalized spacial score (nSPS) is 10.1. The summed E-state index contributed by atoms with van der Waals surface area (Å²) in [6, 6.07) is 5.46. The predicted molar refractivity (Wildman–Crippen MR) is 81.5 cm³/mol. The zero-order valence-electron chi connectivity index (χ0n) is 12.5. The summed E-state index contributed by atoms with van der Waals surface area (Å²) in [5.74, 6) is 6.06. The second-order valence-electron chi connectivity index (χ2n) is 5.28. The first-order valence-electron chi connectivity index (χ1n) is 7.03. The smallest absolute Gasteiger partial charge is 0.251 e. The number of benzene rings is 1. The van der Waals surface area contributed by atoms with E-state index < -0.39 is 0 Å². The number of amides is 1. The van der Waals surface area contributed by atoms with Crippen molar-refractivity contribution in [3.63, 3.8) is 0 Å². The number of aliphatic hydroxyl groups is 1. The van der Waals surface area contributed by atoms with E-state index in [1.165, 1.54) is 0 Å². The number of hydrogen-bond donors (Lipinski definition) is 2. The van der Waals surface area contributed by atoms with Crippen LogP contribution in [0, 0.1) is 24.7 Å². The summed E-state index contributed by atoms with van der Waals surface area (Å²) >= 11 is 0. The first-order chi connectivity index (χ1) is 9.54. The number of aryl methyl sites for hydroxylation is 1. The standard InChI is InChI=1S/C17H23NO2/c1-13(2)6-4-10-18-17(20)16-9-8-14(3)15(12-16)7-5-11-19/h8-9,12-13,19H,4,6,10-11H2,1-3H3,(H,18,20). The highest BCUT2D eigenvalue weighted by Crippen LogP contribution is 2.10. The molecule has 3 heteroatoms. The molecule has 0 fully saturated rings. The van der Waals surface area contributed by atoms with E-state index in [0.717, 1.165) is 24.0 Å². The highest BCUT2D eigenvalue weighted by atomic mass is 16.2. The average Bonchev–Trinajstić information content (AvgIpc) is 2.42. The largest absolute Gasteiger partial charge is 0.384 e. The second kappa shape index (κ2) is 8.39. The van der Waals surface area contributed by atoms with Crippen molar-refractivity contribution >= 4 is 5.91 Å². The molecule has 3 nitrogen and oxygen atoms in total. The molecule has 20 heavy (non-hydrogen) atoms. The molecule has 0 saturated heterocycles. The lowest BCUT2D eigenvalue weighted by Crippen LogP contribution is -2.24. The first kappa shape index (κ1) is 16.3. The Kier molecular flexibility index (Phi) is 6.83. The van der Waals surface area contributed by atoms with Crippen molar-refractivity contribution in [3.8, 4) is 11.8 Å². The molecule has 1 aromatic rings. The lowest BCUT2D eigenvalue weighted by molar-refractivity contribution is 0.0952. The van der Waals surface area contributed by atoms with Crippen molar-refractivity contribution in [2.45, 2.75) is 33.6 Å². The van der Waals surface area contributed by atoms with E-state index in [4.69, 9.17) is 5.11 Å². The summed E-state index contributed by atoms with van der Waals surface area (Å²) < 4.78 is 0. The number of carbonyl (C=O) groups is 1. The van der Waals surface area contributed by atoms with Crippen LogP contribution in [0.1, 0.15) is 48.2 Å². The van der Waals surface area contributed by atoms with Crippen LogP contribution < -0.4 is 5.32 Å². The fourth-order valence-corrected chi connectivity index (χ4v) is 1.85. The zero-order valence-corrected chi connectivity index (χ0v) is 12.5. The summed E-state index contributed by atoms with van der Waals surface area (Å²) in [6.07, 6.45) is 2.11. The molecule has 2 N–H and O–H groups in total. The molecule has 0 aliphatic rings.